The summed E-state index contributed by atoms with van der Waals surface area (Å²) in [5.41, 5.74) is -0.0266. The van der Waals surface area contributed by atoms with Crippen LogP contribution in [0.3, 0.4) is 0 Å². The van der Waals surface area contributed by atoms with Crippen LogP contribution in [0.15, 0.2) is 11.6 Å². The molecular formula is C19H25NO2. The summed E-state index contributed by atoms with van der Waals surface area (Å²) in [5.74, 6) is 2.90. The highest BCUT2D eigenvalue weighted by molar-refractivity contribution is 5.93. The fourth-order valence-electron chi connectivity index (χ4n) is 6.58. The van der Waals surface area contributed by atoms with Gasteiger partial charge in [0, 0.05) is 11.8 Å². The molecule has 0 bridgehead atoms. The lowest BCUT2D eigenvalue weighted by Crippen LogP contribution is -2.53. The van der Waals surface area contributed by atoms with Crippen LogP contribution in [0.25, 0.3) is 0 Å². The van der Waals surface area contributed by atoms with Gasteiger partial charge in [0.1, 0.15) is 0 Å². The van der Waals surface area contributed by atoms with Crippen LogP contribution in [0.1, 0.15) is 52.4 Å². The van der Waals surface area contributed by atoms with E-state index in [0.29, 0.717) is 48.2 Å². The molecule has 0 spiro atoms. The van der Waals surface area contributed by atoms with Crippen LogP contribution in [0.2, 0.25) is 0 Å². The molecule has 3 heteroatoms. The molecule has 4 aliphatic rings. The molecule has 3 nitrogen and oxygen atoms in total. The van der Waals surface area contributed by atoms with Crippen molar-refractivity contribution in [3.63, 3.8) is 0 Å². The minimum atomic E-state index is -1.15. The molecule has 4 aliphatic carbocycles. The topological polar surface area (TPSA) is 61.1 Å². The van der Waals surface area contributed by atoms with E-state index in [1.165, 1.54) is 5.57 Å². The van der Waals surface area contributed by atoms with Crippen LogP contribution in [0, 0.1) is 46.3 Å². The molecule has 1 N–H and O–H groups in total. The van der Waals surface area contributed by atoms with Gasteiger partial charge in [-0.05, 0) is 67.8 Å². The first-order valence-corrected chi connectivity index (χ1v) is 8.76. The van der Waals surface area contributed by atoms with Gasteiger partial charge < -0.3 is 5.11 Å². The van der Waals surface area contributed by atoms with Gasteiger partial charge in [-0.3, -0.25) is 4.79 Å². The van der Waals surface area contributed by atoms with E-state index in [1.54, 1.807) is 0 Å². The molecule has 0 aromatic carbocycles. The van der Waals surface area contributed by atoms with Crippen molar-refractivity contribution in [3.8, 4) is 6.07 Å². The van der Waals surface area contributed by atoms with Gasteiger partial charge in [0.15, 0.2) is 11.4 Å². The van der Waals surface area contributed by atoms with E-state index in [2.05, 4.69) is 19.9 Å². The molecular weight excluding hydrogens is 274 g/mol. The maximum Gasteiger partial charge on any atom is 0.156 e. The number of aliphatic hydroxyl groups is 1. The molecule has 0 aromatic heterocycles. The van der Waals surface area contributed by atoms with Crippen LogP contribution in [0.5, 0.6) is 0 Å². The SMILES string of the molecule is C[C@@H]1CC2=CC(=O)C[C@@H]2[C@H]2CC[C@@]3(C)[C@@H](CC[C@@]3(O)C#N)[C@@H]21. The average Bonchev–Trinajstić information content (AvgIpc) is 2.97. The molecule has 0 radical (unpaired) electrons. The van der Waals surface area contributed by atoms with E-state index >= 15 is 0 Å². The van der Waals surface area contributed by atoms with Crippen LogP contribution in [-0.2, 0) is 4.79 Å². The highest BCUT2D eigenvalue weighted by Crippen LogP contribution is 2.65. The number of carbonyl (C=O) groups excluding carboxylic acids is 1. The third kappa shape index (κ3) is 1.62. The summed E-state index contributed by atoms with van der Waals surface area (Å²) in [5, 5.41) is 20.4. The Morgan fingerprint density at radius 2 is 2.09 bits per heavy atom. The number of fused-ring (bicyclic) bond motifs is 5. The molecule has 0 unspecified atom stereocenters. The van der Waals surface area contributed by atoms with Crippen molar-refractivity contribution in [1.82, 2.24) is 0 Å². The smallest absolute Gasteiger partial charge is 0.156 e. The normalized spacial score (nSPS) is 53.3. The monoisotopic (exact) mass is 299 g/mol. The first kappa shape index (κ1) is 14.5. The minimum Gasteiger partial charge on any atom is -0.375 e. The van der Waals surface area contributed by atoms with Gasteiger partial charge in [0.2, 0.25) is 0 Å². The second-order valence-electron chi connectivity index (χ2n) is 8.49. The second-order valence-corrected chi connectivity index (χ2v) is 8.49. The van der Waals surface area contributed by atoms with Crippen LogP contribution in [0.4, 0.5) is 0 Å². The van der Waals surface area contributed by atoms with Crippen molar-refractivity contribution in [3.05, 3.63) is 11.6 Å². The van der Waals surface area contributed by atoms with Gasteiger partial charge in [-0.1, -0.05) is 19.4 Å². The Bertz CT molecular complexity index is 603. The third-order valence-corrected chi connectivity index (χ3v) is 7.70. The van der Waals surface area contributed by atoms with Crippen LogP contribution < -0.4 is 0 Å². The Kier molecular flexibility index (Phi) is 2.92. The number of carbonyl (C=O) groups is 1. The molecule has 3 fully saturated rings. The maximum atomic E-state index is 11.9. The molecule has 3 saturated carbocycles. The van der Waals surface area contributed by atoms with Crippen molar-refractivity contribution in [2.45, 2.75) is 58.0 Å². The molecule has 7 atom stereocenters. The van der Waals surface area contributed by atoms with Gasteiger partial charge in [-0.25, -0.2) is 0 Å². The fraction of sp³-hybridized carbons (Fsp3) is 0.789. The van der Waals surface area contributed by atoms with Gasteiger partial charge in [0.25, 0.3) is 0 Å². The zero-order valence-electron chi connectivity index (χ0n) is 13.5. The number of nitriles is 1. The number of hydrogen-bond donors (Lipinski definition) is 1. The Hall–Kier alpha value is -1.14. The molecule has 0 aromatic rings. The van der Waals surface area contributed by atoms with Crippen LogP contribution >= 0.6 is 0 Å². The summed E-state index contributed by atoms with van der Waals surface area (Å²) in [6.07, 6.45) is 7.21. The number of rotatable bonds is 0. The van der Waals surface area contributed by atoms with Crippen molar-refractivity contribution in [2.24, 2.45) is 35.0 Å². The first-order chi connectivity index (χ1) is 10.4. The Balaban J connectivity index is 1.71. The number of ketones is 1. The van der Waals surface area contributed by atoms with Crippen molar-refractivity contribution in [1.29, 1.82) is 5.26 Å². The number of hydrogen-bond acceptors (Lipinski definition) is 3. The molecule has 0 saturated heterocycles. The van der Waals surface area contributed by atoms with E-state index < -0.39 is 5.60 Å². The summed E-state index contributed by atoms with van der Waals surface area (Å²) < 4.78 is 0. The summed E-state index contributed by atoms with van der Waals surface area (Å²) >= 11 is 0. The van der Waals surface area contributed by atoms with E-state index in [4.69, 9.17) is 0 Å². The predicted molar refractivity (Wildman–Crippen MR) is 82.6 cm³/mol. The standard InChI is InChI=1S/C19H25NO2/c1-11-7-12-8-13(21)9-15(12)14-3-5-18(2)16(17(11)14)4-6-19(18,22)10-20/h8,11,14-17,22H,3-7,9H2,1-2H3/t11-,14-,15+,16+,17-,18+,19-/m1/s1. The Labute approximate surface area is 132 Å². The van der Waals surface area contributed by atoms with E-state index in [9.17, 15) is 15.2 Å². The highest BCUT2D eigenvalue weighted by atomic mass is 16.3. The van der Waals surface area contributed by atoms with E-state index in [0.717, 1.165) is 25.7 Å². The zero-order chi connectivity index (χ0) is 15.7. The largest absolute Gasteiger partial charge is 0.375 e. The molecule has 4 rings (SSSR count). The first-order valence-electron chi connectivity index (χ1n) is 8.76. The summed E-state index contributed by atoms with van der Waals surface area (Å²) in [6.45, 7) is 4.45. The summed E-state index contributed by atoms with van der Waals surface area (Å²) in [6, 6.07) is 2.23. The van der Waals surface area contributed by atoms with Crippen molar-refractivity contribution >= 4 is 5.78 Å². The summed E-state index contributed by atoms with van der Waals surface area (Å²) in [4.78, 5) is 11.9. The number of allylic oxidation sites excluding steroid dienone is 2. The predicted octanol–water partition coefficient (Wildman–Crippen LogP) is 3.24. The zero-order valence-corrected chi connectivity index (χ0v) is 13.5. The van der Waals surface area contributed by atoms with Crippen LogP contribution in [-0.4, -0.2) is 16.5 Å². The van der Waals surface area contributed by atoms with Gasteiger partial charge in [-0.2, -0.15) is 5.26 Å². The minimum absolute atomic E-state index is 0.263. The fourth-order valence-corrected chi connectivity index (χ4v) is 6.58. The maximum absolute atomic E-state index is 11.9. The van der Waals surface area contributed by atoms with Crippen molar-refractivity contribution < 1.29 is 9.90 Å². The molecule has 0 amide bonds. The molecule has 0 heterocycles. The Morgan fingerprint density at radius 1 is 1.32 bits per heavy atom. The van der Waals surface area contributed by atoms with Gasteiger partial charge in [-0.15, -0.1) is 0 Å². The second kappa shape index (κ2) is 4.45. The molecule has 118 valence electrons. The van der Waals surface area contributed by atoms with E-state index in [1.807, 2.05) is 6.08 Å². The highest BCUT2D eigenvalue weighted by Gasteiger charge is 2.64. The lowest BCUT2D eigenvalue weighted by atomic mass is 9.49. The summed E-state index contributed by atoms with van der Waals surface area (Å²) in [7, 11) is 0. The number of nitrogens with zero attached hydrogens (tertiary/aromatic N) is 1. The van der Waals surface area contributed by atoms with Gasteiger partial charge >= 0.3 is 0 Å². The van der Waals surface area contributed by atoms with E-state index in [-0.39, 0.29) is 5.41 Å². The quantitative estimate of drug-likeness (QED) is 0.698. The molecule has 0 aliphatic heterocycles. The van der Waals surface area contributed by atoms with Gasteiger partial charge in [0.05, 0.1) is 6.07 Å². The third-order valence-electron chi connectivity index (χ3n) is 7.70. The average molecular weight is 299 g/mol. The molecule has 22 heavy (non-hydrogen) atoms. The Morgan fingerprint density at radius 3 is 2.82 bits per heavy atom. The lowest BCUT2D eigenvalue weighted by molar-refractivity contribution is -0.117. The lowest BCUT2D eigenvalue weighted by Gasteiger charge is -2.55. The van der Waals surface area contributed by atoms with Crippen molar-refractivity contribution in [2.75, 3.05) is 0 Å².